The minimum Gasteiger partial charge on any atom is -0.496 e. The number of benzene rings is 2. The van der Waals surface area contributed by atoms with Crippen molar-refractivity contribution in [2.45, 2.75) is 39.0 Å². The highest BCUT2D eigenvalue weighted by Gasteiger charge is 2.21. The Labute approximate surface area is 192 Å². The van der Waals surface area contributed by atoms with Crippen molar-refractivity contribution >= 4 is 40.7 Å². The van der Waals surface area contributed by atoms with Crippen LogP contribution in [0.5, 0.6) is 17.2 Å². The lowest BCUT2D eigenvalue weighted by atomic mass is 10.0. The average Bonchev–Trinajstić information content (AvgIpc) is 3.13. The Bertz CT molecular complexity index is 955. The van der Waals surface area contributed by atoms with E-state index in [2.05, 4.69) is 19.2 Å². The largest absolute Gasteiger partial charge is 0.496 e. The van der Waals surface area contributed by atoms with Crippen LogP contribution in [0.1, 0.15) is 44.6 Å². The van der Waals surface area contributed by atoms with Crippen molar-refractivity contribution in [3.8, 4) is 17.2 Å². The van der Waals surface area contributed by atoms with Crippen LogP contribution in [-0.4, -0.2) is 36.9 Å². The Kier molecular flexibility index (Phi) is 7.68. The fourth-order valence-electron chi connectivity index (χ4n) is 3.47. The van der Waals surface area contributed by atoms with E-state index in [9.17, 15) is 9.59 Å². The first-order valence-corrected chi connectivity index (χ1v) is 11.0. The van der Waals surface area contributed by atoms with E-state index in [-0.39, 0.29) is 34.2 Å². The van der Waals surface area contributed by atoms with Gasteiger partial charge in [-0.15, -0.1) is 0 Å². The molecule has 1 heterocycles. The molecule has 1 N–H and O–H groups in total. The van der Waals surface area contributed by atoms with Crippen molar-refractivity contribution in [1.29, 1.82) is 0 Å². The van der Waals surface area contributed by atoms with Crippen LogP contribution >= 0.6 is 23.2 Å². The van der Waals surface area contributed by atoms with E-state index in [1.165, 1.54) is 0 Å². The van der Waals surface area contributed by atoms with Crippen molar-refractivity contribution < 1.29 is 19.1 Å². The lowest BCUT2D eigenvalue weighted by Gasteiger charge is -2.16. The number of nitrogens with one attached hydrogen (secondary N) is 1. The SMILES string of the molecule is COc1ccc(Oc2c(Cl)cc(NC(=O)CCN3CCCC3=O)cc2Cl)cc1C(C)C. The highest BCUT2D eigenvalue weighted by atomic mass is 35.5. The minimum absolute atomic E-state index is 0.0968. The summed E-state index contributed by atoms with van der Waals surface area (Å²) in [5, 5.41) is 3.33. The van der Waals surface area contributed by atoms with E-state index >= 15 is 0 Å². The van der Waals surface area contributed by atoms with Gasteiger partial charge in [-0.2, -0.15) is 0 Å². The second-order valence-electron chi connectivity index (χ2n) is 7.71. The Balaban J connectivity index is 1.68. The molecule has 2 aromatic rings. The number of halogens is 2. The average molecular weight is 465 g/mol. The number of nitrogens with zero attached hydrogens (tertiary/aromatic N) is 1. The zero-order chi connectivity index (χ0) is 22.5. The third kappa shape index (κ3) is 5.83. The topological polar surface area (TPSA) is 67.9 Å². The van der Waals surface area contributed by atoms with Crippen molar-refractivity contribution in [3.05, 3.63) is 45.9 Å². The summed E-state index contributed by atoms with van der Waals surface area (Å²) in [5.41, 5.74) is 1.48. The first-order valence-electron chi connectivity index (χ1n) is 10.2. The first-order chi connectivity index (χ1) is 14.8. The van der Waals surface area contributed by atoms with Gasteiger partial charge in [-0.1, -0.05) is 37.0 Å². The zero-order valence-corrected chi connectivity index (χ0v) is 19.3. The summed E-state index contributed by atoms with van der Waals surface area (Å²) in [7, 11) is 1.63. The molecule has 0 spiro atoms. The highest BCUT2D eigenvalue weighted by Crippen LogP contribution is 2.40. The van der Waals surface area contributed by atoms with E-state index in [0.717, 1.165) is 17.7 Å². The first kappa shape index (κ1) is 23.2. The maximum Gasteiger partial charge on any atom is 0.226 e. The number of carbonyl (C=O) groups is 2. The molecule has 3 rings (SSSR count). The van der Waals surface area contributed by atoms with Crippen molar-refractivity contribution in [2.75, 3.05) is 25.5 Å². The molecule has 8 heteroatoms. The van der Waals surface area contributed by atoms with E-state index < -0.39 is 0 Å². The Morgan fingerprint density at radius 1 is 1.19 bits per heavy atom. The molecular formula is C23H26Cl2N2O4. The molecule has 0 aromatic heterocycles. The van der Waals surface area contributed by atoms with Gasteiger partial charge in [-0.3, -0.25) is 9.59 Å². The number of methoxy groups -OCH3 is 1. The van der Waals surface area contributed by atoms with Gasteiger partial charge in [-0.25, -0.2) is 0 Å². The highest BCUT2D eigenvalue weighted by molar-refractivity contribution is 6.37. The monoisotopic (exact) mass is 464 g/mol. The summed E-state index contributed by atoms with van der Waals surface area (Å²) >= 11 is 12.8. The number of likely N-dealkylation sites (tertiary alicyclic amines) is 1. The molecule has 2 amide bonds. The van der Waals surface area contributed by atoms with Crippen LogP contribution in [-0.2, 0) is 9.59 Å². The number of hydrogen-bond donors (Lipinski definition) is 1. The molecule has 166 valence electrons. The summed E-state index contributed by atoms with van der Waals surface area (Å²) in [6.07, 6.45) is 1.62. The predicted molar refractivity (Wildman–Crippen MR) is 123 cm³/mol. The van der Waals surface area contributed by atoms with Crippen molar-refractivity contribution in [2.24, 2.45) is 0 Å². The summed E-state index contributed by atoms with van der Waals surface area (Å²) < 4.78 is 11.3. The van der Waals surface area contributed by atoms with Gasteiger partial charge in [0.1, 0.15) is 11.5 Å². The molecule has 6 nitrogen and oxygen atoms in total. The van der Waals surface area contributed by atoms with Gasteiger partial charge in [0, 0.05) is 37.2 Å². The van der Waals surface area contributed by atoms with Gasteiger partial charge in [0.25, 0.3) is 0 Å². The summed E-state index contributed by atoms with van der Waals surface area (Å²) in [6, 6.07) is 8.70. The second kappa shape index (κ2) is 10.2. The van der Waals surface area contributed by atoms with Crippen LogP contribution in [0, 0.1) is 0 Å². The molecule has 0 aliphatic carbocycles. The number of hydrogen-bond acceptors (Lipinski definition) is 4. The molecule has 0 atom stereocenters. The molecule has 1 saturated heterocycles. The summed E-state index contributed by atoms with van der Waals surface area (Å²) in [4.78, 5) is 25.6. The van der Waals surface area contributed by atoms with Crippen LogP contribution in [0.25, 0.3) is 0 Å². The Morgan fingerprint density at radius 2 is 1.90 bits per heavy atom. The lowest BCUT2D eigenvalue weighted by Crippen LogP contribution is -2.28. The van der Waals surface area contributed by atoms with Gasteiger partial charge in [0.2, 0.25) is 11.8 Å². The van der Waals surface area contributed by atoms with Crippen LogP contribution in [0.2, 0.25) is 10.0 Å². The van der Waals surface area contributed by atoms with Gasteiger partial charge in [0.05, 0.1) is 17.2 Å². The summed E-state index contributed by atoms with van der Waals surface area (Å²) in [5.74, 6) is 1.81. The van der Waals surface area contributed by atoms with Gasteiger partial charge in [-0.05, 0) is 42.7 Å². The Hall–Kier alpha value is -2.44. The number of rotatable bonds is 8. The normalized spacial score (nSPS) is 13.6. The van der Waals surface area contributed by atoms with Crippen LogP contribution < -0.4 is 14.8 Å². The minimum atomic E-state index is -0.211. The molecule has 0 radical (unpaired) electrons. The van der Waals surface area contributed by atoms with E-state index in [1.54, 1.807) is 30.2 Å². The molecule has 1 fully saturated rings. The number of carbonyl (C=O) groups excluding carboxylic acids is 2. The second-order valence-corrected chi connectivity index (χ2v) is 8.53. The van der Waals surface area contributed by atoms with Crippen molar-refractivity contribution in [1.82, 2.24) is 4.90 Å². The molecule has 2 aromatic carbocycles. The molecule has 0 unspecified atom stereocenters. The molecule has 1 aliphatic heterocycles. The zero-order valence-electron chi connectivity index (χ0n) is 17.8. The smallest absolute Gasteiger partial charge is 0.226 e. The fourth-order valence-corrected chi connectivity index (χ4v) is 4.04. The molecule has 1 aliphatic rings. The predicted octanol–water partition coefficient (Wildman–Crippen LogP) is 5.87. The molecular weight excluding hydrogens is 439 g/mol. The van der Waals surface area contributed by atoms with E-state index in [1.807, 2.05) is 12.1 Å². The van der Waals surface area contributed by atoms with Crippen LogP contribution in [0.3, 0.4) is 0 Å². The number of anilines is 1. The van der Waals surface area contributed by atoms with Crippen LogP contribution in [0.15, 0.2) is 30.3 Å². The maximum absolute atomic E-state index is 12.3. The van der Waals surface area contributed by atoms with Gasteiger partial charge >= 0.3 is 0 Å². The lowest BCUT2D eigenvalue weighted by molar-refractivity contribution is -0.128. The van der Waals surface area contributed by atoms with Crippen molar-refractivity contribution in [3.63, 3.8) is 0 Å². The third-order valence-corrected chi connectivity index (χ3v) is 5.67. The summed E-state index contributed by atoms with van der Waals surface area (Å²) in [6.45, 7) is 5.25. The third-order valence-electron chi connectivity index (χ3n) is 5.11. The quantitative estimate of drug-likeness (QED) is 0.530. The van der Waals surface area contributed by atoms with Gasteiger partial charge < -0.3 is 19.7 Å². The standard InChI is InChI=1S/C23H26Cl2N2O4/c1-14(2)17-13-16(6-7-20(17)30-3)31-23-18(24)11-15(12-19(23)25)26-21(28)8-10-27-9-4-5-22(27)29/h6-7,11-14H,4-5,8-10H2,1-3H3,(H,26,28). The fraction of sp³-hybridized carbons (Fsp3) is 0.391. The van der Waals surface area contributed by atoms with Gasteiger partial charge in [0.15, 0.2) is 5.75 Å². The molecule has 0 bridgehead atoms. The molecule has 31 heavy (non-hydrogen) atoms. The number of amides is 2. The molecule has 0 saturated carbocycles. The Morgan fingerprint density at radius 3 is 2.48 bits per heavy atom. The number of ether oxygens (including phenoxy) is 2. The van der Waals surface area contributed by atoms with E-state index in [0.29, 0.717) is 36.7 Å². The van der Waals surface area contributed by atoms with Crippen LogP contribution in [0.4, 0.5) is 5.69 Å². The van der Waals surface area contributed by atoms with E-state index in [4.69, 9.17) is 32.7 Å². The maximum atomic E-state index is 12.3.